The third kappa shape index (κ3) is 4.87. The Balaban J connectivity index is 1.59. The number of hydrogen-bond donors (Lipinski definition) is 1. The van der Waals surface area contributed by atoms with Crippen molar-refractivity contribution in [1.29, 1.82) is 0 Å². The minimum Gasteiger partial charge on any atom is -0.334 e. The van der Waals surface area contributed by atoms with Crippen molar-refractivity contribution in [2.24, 2.45) is 0 Å². The second-order valence-electron chi connectivity index (χ2n) is 6.70. The molecule has 1 saturated heterocycles. The summed E-state index contributed by atoms with van der Waals surface area (Å²) in [6.07, 6.45) is 0.615. The van der Waals surface area contributed by atoms with Gasteiger partial charge >= 0.3 is 6.03 Å². The monoisotopic (exact) mass is 387 g/mol. The van der Waals surface area contributed by atoms with Gasteiger partial charge < -0.3 is 10.2 Å². The first kappa shape index (κ1) is 19.4. The van der Waals surface area contributed by atoms with Crippen LogP contribution < -0.4 is 5.32 Å². The Morgan fingerprint density at radius 3 is 2.37 bits per heavy atom. The van der Waals surface area contributed by atoms with E-state index in [1.165, 1.54) is 4.31 Å². The summed E-state index contributed by atoms with van der Waals surface area (Å²) >= 11 is 0. The first-order chi connectivity index (χ1) is 13.0. The van der Waals surface area contributed by atoms with Gasteiger partial charge in [0.15, 0.2) is 0 Å². The standard InChI is InChI=1S/C20H25N3O3S/c1-17-8-10-19(11-9-17)27(25,26)23-13-5-12-22(14-15-23)20(24)21-16-18-6-3-2-4-7-18/h2-4,6-11H,5,12-16H2,1H3,(H,21,24). The summed E-state index contributed by atoms with van der Waals surface area (Å²) in [6.45, 7) is 4.02. The van der Waals surface area contributed by atoms with Crippen LogP contribution in [0.25, 0.3) is 0 Å². The van der Waals surface area contributed by atoms with Gasteiger partial charge in [-0.15, -0.1) is 0 Å². The SMILES string of the molecule is Cc1ccc(S(=O)(=O)N2CCCN(C(=O)NCc3ccccc3)CC2)cc1. The molecular weight excluding hydrogens is 362 g/mol. The number of amides is 2. The van der Waals surface area contributed by atoms with Gasteiger partial charge in [0.25, 0.3) is 0 Å². The molecule has 144 valence electrons. The molecule has 0 saturated carbocycles. The molecule has 0 aromatic heterocycles. The fraction of sp³-hybridized carbons (Fsp3) is 0.350. The van der Waals surface area contributed by atoms with Gasteiger partial charge in [0, 0.05) is 32.7 Å². The van der Waals surface area contributed by atoms with Crippen LogP contribution in [0.1, 0.15) is 17.5 Å². The Labute approximate surface area is 160 Å². The molecule has 2 amide bonds. The second kappa shape index (κ2) is 8.54. The van der Waals surface area contributed by atoms with Crippen LogP contribution in [0.4, 0.5) is 4.79 Å². The summed E-state index contributed by atoms with van der Waals surface area (Å²) in [4.78, 5) is 14.4. The van der Waals surface area contributed by atoms with Crippen molar-refractivity contribution < 1.29 is 13.2 Å². The lowest BCUT2D eigenvalue weighted by Gasteiger charge is -2.22. The molecule has 1 fully saturated rings. The van der Waals surface area contributed by atoms with Crippen LogP contribution in [-0.4, -0.2) is 49.8 Å². The molecule has 0 unspecified atom stereocenters. The van der Waals surface area contributed by atoms with Crippen LogP contribution in [0.15, 0.2) is 59.5 Å². The summed E-state index contributed by atoms with van der Waals surface area (Å²) in [5.41, 5.74) is 2.05. The number of hydrogen-bond acceptors (Lipinski definition) is 3. The van der Waals surface area contributed by atoms with Crippen molar-refractivity contribution in [3.05, 3.63) is 65.7 Å². The number of urea groups is 1. The van der Waals surface area contributed by atoms with Gasteiger partial charge in [0.1, 0.15) is 0 Å². The molecule has 2 aromatic carbocycles. The number of benzene rings is 2. The Morgan fingerprint density at radius 1 is 0.963 bits per heavy atom. The van der Waals surface area contributed by atoms with E-state index in [1.807, 2.05) is 37.3 Å². The molecule has 1 heterocycles. The van der Waals surface area contributed by atoms with Gasteiger partial charge in [-0.05, 0) is 31.0 Å². The van der Waals surface area contributed by atoms with E-state index < -0.39 is 10.0 Å². The van der Waals surface area contributed by atoms with E-state index in [1.54, 1.807) is 29.2 Å². The maximum atomic E-state index is 12.8. The van der Waals surface area contributed by atoms with Crippen LogP contribution in [0.2, 0.25) is 0 Å². The zero-order chi connectivity index (χ0) is 19.3. The van der Waals surface area contributed by atoms with E-state index in [-0.39, 0.29) is 6.03 Å². The summed E-state index contributed by atoms with van der Waals surface area (Å²) in [5.74, 6) is 0. The van der Waals surface area contributed by atoms with Gasteiger partial charge in [-0.1, -0.05) is 48.0 Å². The number of rotatable bonds is 4. The molecule has 1 aliphatic rings. The highest BCUT2D eigenvalue weighted by molar-refractivity contribution is 7.89. The summed E-state index contributed by atoms with van der Waals surface area (Å²) in [7, 11) is -3.53. The molecule has 27 heavy (non-hydrogen) atoms. The zero-order valence-electron chi connectivity index (χ0n) is 15.5. The number of nitrogens with one attached hydrogen (secondary N) is 1. The fourth-order valence-corrected chi connectivity index (χ4v) is 4.55. The minimum absolute atomic E-state index is 0.159. The van der Waals surface area contributed by atoms with Gasteiger partial charge in [-0.2, -0.15) is 4.31 Å². The molecular formula is C20H25N3O3S. The third-order valence-electron chi connectivity index (χ3n) is 4.69. The maximum Gasteiger partial charge on any atom is 0.317 e. The van der Waals surface area contributed by atoms with Gasteiger partial charge in [0.2, 0.25) is 10.0 Å². The molecule has 0 aliphatic carbocycles. The molecule has 1 N–H and O–H groups in total. The van der Waals surface area contributed by atoms with Crippen molar-refractivity contribution in [2.45, 2.75) is 24.8 Å². The van der Waals surface area contributed by atoms with Crippen molar-refractivity contribution >= 4 is 16.1 Å². The average molecular weight is 388 g/mol. The van der Waals surface area contributed by atoms with Gasteiger partial charge in [-0.3, -0.25) is 0 Å². The third-order valence-corrected chi connectivity index (χ3v) is 6.60. The molecule has 7 heteroatoms. The fourth-order valence-electron chi connectivity index (χ4n) is 3.08. The highest BCUT2D eigenvalue weighted by atomic mass is 32.2. The Morgan fingerprint density at radius 2 is 1.67 bits per heavy atom. The van der Waals surface area contributed by atoms with E-state index in [0.717, 1.165) is 11.1 Å². The van der Waals surface area contributed by atoms with Crippen LogP contribution >= 0.6 is 0 Å². The molecule has 1 aliphatic heterocycles. The molecule has 6 nitrogen and oxygen atoms in total. The maximum absolute atomic E-state index is 12.8. The van der Waals surface area contributed by atoms with Crippen molar-refractivity contribution in [3.8, 4) is 0 Å². The lowest BCUT2D eigenvalue weighted by atomic mass is 10.2. The predicted octanol–water partition coefficient (Wildman–Crippen LogP) is 2.60. The van der Waals surface area contributed by atoms with E-state index in [0.29, 0.717) is 44.0 Å². The highest BCUT2D eigenvalue weighted by Gasteiger charge is 2.28. The molecule has 0 atom stereocenters. The van der Waals surface area contributed by atoms with E-state index in [2.05, 4.69) is 5.32 Å². The zero-order valence-corrected chi connectivity index (χ0v) is 16.3. The van der Waals surface area contributed by atoms with Gasteiger partial charge in [0.05, 0.1) is 4.90 Å². The number of nitrogens with zero attached hydrogens (tertiary/aromatic N) is 2. The number of carbonyl (C=O) groups excluding carboxylic acids is 1. The smallest absolute Gasteiger partial charge is 0.317 e. The quantitative estimate of drug-likeness (QED) is 0.877. The first-order valence-electron chi connectivity index (χ1n) is 9.10. The number of aryl methyl sites for hydroxylation is 1. The van der Waals surface area contributed by atoms with Crippen LogP contribution in [0.3, 0.4) is 0 Å². The van der Waals surface area contributed by atoms with Crippen molar-refractivity contribution in [2.75, 3.05) is 26.2 Å². The first-order valence-corrected chi connectivity index (χ1v) is 10.5. The summed E-state index contributed by atoms with van der Waals surface area (Å²) < 4.78 is 27.2. The molecule has 0 radical (unpaired) electrons. The van der Waals surface area contributed by atoms with Crippen molar-refractivity contribution in [3.63, 3.8) is 0 Å². The average Bonchev–Trinajstić information content (AvgIpc) is 2.94. The normalized spacial score (nSPS) is 16.0. The van der Waals surface area contributed by atoms with E-state index in [4.69, 9.17) is 0 Å². The molecule has 0 spiro atoms. The van der Waals surface area contributed by atoms with E-state index in [9.17, 15) is 13.2 Å². The molecule has 0 bridgehead atoms. The second-order valence-corrected chi connectivity index (χ2v) is 8.64. The number of sulfonamides is 1. The predicted molar refractivity (Wildman–Crippen MR) is 105 cm³/mol. The van der Waals surface area contributed by atoms with Gasteiger partial charge in [-0.25, -0.2) is 13.2 Å². The lowest BCUT2D eigenvalue weighted by molar-refractivity contribution is 0.200. The summed E-state index contributed by atoms with van der Waals surface area (Å²) in [5, 5.41) is 2.91. The van der Waals surface area contributed by atoms with E-state index >= 15 is 0 Å². The Kier molecular flexibility index (Phi) is 6.13. The highest BCUT2D eigenvalue weighted by Crippen LogP contribution is 2.18. The Hall–Kier alpha value is -2.38. The minimum atomic E-state index is -3.53. The topological polar surface area (TPSA) is 69.7 Å². The Bertz CT molecular complexity index is 867. The van der Waals surface area contributed by atoms with Crippen LogP contribution in [-0.2, 0) is 16.6 Å². The van der Waals surface area contributed by atoms with Crippen molar-refractivity contribution in [1.82, 2.24) is 14.5 Å². The lowest BCUT2D eigenvalue weighted by Crippen LogP contribution is -2.42. The number of carbonyl (C=O) groups is 1. The largest absolute Gasteiger partial charge is 0.334 e. The summed E-state index contributed by atoms with van der Waals surface area (Å²) in [6, 6.07) is 16.4. The molecule has 3 rings (SSSR count). The van der Waals surface area contributed by atoms with Crippen LogP contribution in [0.5, 0.6) is 0 Å². The molecule has 2 aromatic rings. The van der Waals surface area contributed by atoms with Crippen LogP contribution in [0, 0.1) is 6.92 Å².